The Hall–Kier alpha value is -0.630. The van der Waals surface area contributed by atoms with E-state index < -0.39 is 0 Å². The molecule has 0 aliphatic heterocycles. The van der Waals surface area contributed by atoms with Crippen molar-refractivity contribution in [3.05, 3.63) is 29.8 Å². The van der Waals surface area contributed by atoms with Gasteiger partial charge in [0.1, 0.15) is 0 Å². The molecule has 0 atom stereocenters. The molecule has 0 heterocycles. The van der Waals surface area contributed by atoms with Crippen molar-refractivity contribution in [2.45, 2.75) is 31.9 Å². The highest BCUT2D eigenvalue weighted by Gasteiger charge is 1.96. The van der Waals surface area contributed by atoms with Crippen LogP contribution in [0.25, 0.3) is 0 Å². The van der Waals surface area contributed by atoms with E-state index in [-0.39, 0.29) is 0 Å². The molecule has 0 radical (unpaired) electrons. The Bertz CT molecular complexity index is 254. The molecule has 0 fully saturated rings. The Morgan fingerprint density at radius 1 is 1.21 bits per heavy atom. The minimum Gasteiger partial charge on any atom is -0.399 e. The van der Waals surface area contributed by atoms with Crippen LogP contribution in [0.15, 0.2) is 24.3 Å². The van der Waals surface area contributed by atoms with Crippen LogP contribution in [0.5, 0.6) is 0 Å². The topological polar surface area (TPSA) is 26.0 Å². The molecule has 2 heteroatoms. The number of thioether (sulfide) groups is 1. The number of rotatable bonds is 5. The second-order valence-electron chi connectivity index (χ2n) is 3.76. The lowest BCUT2D eigenvalue weighted by molar-refractivity contribution is 0.928. The minimum absolute atomic E-state index is 0.751. The first-order valence-electron chi connectivity index (χ1n) is 5.14. The Labute approximate surface area is 91.1 Å². The summed E-state index contributed by atoms with van der Waals surface area (Å²) in [4.78, 5) is 0. The first-order chi connectivity index (χ1) is 6.68. The molecule has 2 N–H and O–H groups in total. The average molecular weight is 209 g/mol. The lowest BCUT2D eigenvalue weighted by Gasteiger charge is -2.04. The Kier molecular flexibility index (Phi) is 4.88. The quantitative estimate of drug-likeness (QED) is 0.594. The highest BCUT2D eigenvalue weighted by molar-refractivity contribution is 7.99. The Balaban J connectivity index is 2.21. The molecule has 0 saturated carbocycles. The van der Waals surface area contributed by atoms with E-state index in [1.165, 1.54) is 24.2 Å². The van der Waals surface area contributed by atoms with Crippen molar-refractivity contribution in [2.75, 3.05) is 11.5 Å². The second kappa shape index (κ2) is 5.97. The summed E-state index contributed by atoms with van der Waals surface area (Å²) in [5.74, 6) is 1.25. The largest absolute Gasteiger partial charge is 0.399 e. The van der Waals surface area contributed by atoms with Gasteiger partial charge in [0.2, 0.25) is 0 Å². The van der Waals surface area contributed by atoms with Crippen LogP contribution in [0.3, 0.4) is 0 Å². The first-order valence-corrected chi connectivity index (χ1v) is 6.19. The third kappa shape index (κ3) is 4.56. The maximum atomic E-state index is 5.62. The molecular weight excluding hydrogens is 190 g/mol. The maximum Gasteiger partial charge on any atom is 0.0314 e. The van der Waals surface area contributed by atoms with Crippen LogP contribution in [-0.4, -0.2) is 11.0 Å². The second-order valence-corrected chi connectivity index (χ2v) is 5.45. The molecule has 1 aromatic rings. The average Bonchev–Trinajstić information content (AvgIpc) is 2.15. The normalized spacial score (nSPS) is 10.8. The van der Waals surface area contributed by atoms with Crippen molar-refractivity contribution in [3.63, 3.8) is 0 Å². The van der Waals surface area contributed by atoms with Crippen LogP contribution in [-0.2, 0) is 6.42 Å². The summed E-state index contributed by atoms with van der Waals surface area (Å²) in [6, 6.07) is 8.20. The van der Waals surface area contributed by atoms with Crippen molar-refractivity contribution >= 4 is 17.4 Å². The van der Waals surface area contributed by atoms with Crippen LogP contribution in [0.1, 0.15) is 25.8 Å². The fourth-order valence-corrected chi connectivity index (χ4v) is 2.06. The van der Waals surface area contributed by atoms with Gasteiger partial charge in [-0.25, -0.2) is 0 Å². The molecule has 0 saturated heterocycles. The first kappa shape index (κ1) is 11.4. The van der Waals surface area contributed by atoms with Gasteiger partial charge < -0.3 is 5.73 Å². The predicted octanol–water partition coefficient (Wildman–Crippen LogP) is 3.34. The zero-order valence-corrected chi connectivity index (χ0v) is 9.81. The third-order valence-electron chi connectivity index (χ3n) is 2.04. The summed E-state index contributed by atoms with van der Waals surface area (Å²) in [5.41, 5.74) is 7.86. The number of benzene rings is 1. The van der Waals surface area contributed by atoms with Crippen LogP contribution in [0.2, 0.25) is 0 Å². The molecule has 0 aliphatic rings. The summed E-state index contributed by atoms with van der Waals surface area (Å²) >= 11 is 2.03. The molecule has 1 nitrogen and oxygen atoms in total. The standard InChI is InChI=1S/C12H19NS/c1-10(2)14-9-3-4-11-5-7-12(13)8-6-11/h5-8,10H,3-4,9,13H2,1-2H3. The van der Waals surface area contributed by atoms with Gasteiger partial charge in [-0.3, -0.25) is 0 Å². The molecule has 1 rings (SSSR count). The van der Waals surface area contributed by atoms with Gasteiger partial charge in [0.25, 0.3) is 0 Å². The Morgan fingerprint density at radius 2 is 1.86 bits per heavy atom. The van der Waals surface area contributed by atoms with Crippen molar-refractivity contribution < 1.29 is 0 Å². The summed E-state index contributed by atoms with van der Waals surface area (Å²) in [7, 11) is 0. The van der Waals surface area contributed by atoms with Crippen molar-refractivity contribution in [3.8, 4) is 0 Å². The molecule has 0 unspecified atom stereocenters. The van der Waals surface area contributed by atoms with Crippen LogP contribution >= 0.6 is 11.8 Å². The van der Waals surface area contributed by atoms with E-state index in [1.54, 1.807) is 0 Å². The summed E-state index contributed by atoms with van der Waals surface area (Å²) in [6.07, 6.45) is 2.42. The smallest absolute Gasteiger partial charge is 0.0314 e. The van der Waals surface area contributed by atoms with Gasteiger partial charge in [0.15, 0.2) is 0 Å². The SMILES string of the molecule is CC(C)SCCCc1ccc(N)cc1. The van der Waals surface area contributed by atoms with Crippen molar-refractivity contribution in [1.82, 2.24) is 0 Å². The van der Waals surface area contributed by atoms with Gasteiger partial charge in [-0.05, 0) is 41.5 Å². The Morgan fingerprint density at radius 3 is 2.43 bits per heavy atom. The zero-order valence-electron chi connectivity index (χ0n) is 8.99. The molecule has 0 aliphatic carbocycles. The number of nitrogen functional groups attached to an aromatic ring is 1. The van der Waals surface area contributed by atoms with E-state index in [0.29, 0.717) is 0 Å². The summed E-state index contributed by atoms with van der Waals surface area (Å²) in [5, 5.41) is 0.751. The van der Waals surface area contributed by atoms with E-state index in [4.69, 9.17) is 5.73 Å². The number of hydrogen-bond acceptors (Lipinski definition) is 2. The van der Waals surface area contributed by atoms with Gasteiger partial charge >= 0.3 is 0 Å². The molecule has 1 aromatic carbocycles. The van der Waals surface area contributed by atoms with E-state index in [1.807, 2.05) is 23.9 Å². The van der Waals surface area contributed by atoms with E-state index in [2.05, 4.69) is 26.0 Å². The molecule has 0 aromatic heterocycles. The number of anilines is 1. The number of hydrogen-bond donors (Lipinski definition) is 1. The highest BCUT2D eigenvalue weighted by Crippen LogP contribution is 2.13. The van der Waals surface area contributed by atoms with Crippen molar-refractivity contribution in [2.24, 2.45) is 0 Å². The van der Waals surface area contributed by atoms with Crippen LogP contribution in [0, 0.1) is 0 Å². The van der Waals surface area contributed by atoms with Gasteiger partial charge in [-0.15, -0.1) is 0 Å². The van der Waals surface area contributed by atoms with Crippen molar-refractivity contribution in [1.29, 1.82) is 0 Å². The molecule has 14 heavy (non-hydrogen) atoms. The third-order valence-corrected chi connectivity index (χ3v) is 3.23. The fraction of sp³-hybridized carbons (Fsp3) is 0.500. The number of nitrogens with two attached hydrogens (primary N) is 1. The van der Waals surface area contributed by atoms with Gasteiger partial charge in [-0.2, -0.15) is 11.8 Å². The highest BCUT2D eigenvalue weighted by atomic mass is 32.2. The molecule has 0 amide bonds. The van der Waals surface area contributed by atoms with Gasteiger partial charge in [-0.1, -0.05) is 26.0 Å². The summed E-state index contributed by atoms with van der Waals surface area (Å²) in [6.45, 7) is 4.49. The minimum atomic E-state index is 0.751. The van der Waals surface area contributed by atoms with Crippen LogP contribution < -0.4 is 5.73 Å². The lowest BCUT2D eigenvalue weighted by atomic mass is 10.1. The zero-order chi connectivity index (χ0) is 10.4. The number of aryl methyl sites for hydroxylation is 1. The van der Waals surface area contributed by atoms with E-state index >= 15 is 0 Å². The van der Waals surface area contributed by atoms with Crippen LogP contribution in [0.4, 0.5) is 5.69 Å². The molecule has 0 spiro atoms. The predicted molar refractivity (Wildman–Crippen MR) is 66.8 cm³/mol. The fourth-order valence-electron chi connectivity index (χ4n) is 1.28. The van der Waals surface area contributed by atoms with E-state index in [9.17, 15) is 0 Å². The molecule has 0 bridgehead atoms. The van der Waals surface area contributed by atoms with Gasteiger partial charge in [0.05, 0.1) is 0 Å². The monoisotopic (exact) mass is 209 g/mol. The maximum absolute atomic E-state index is 5.62. The van der Waals surface area contributed by atoms with Gasteiger partial charge in [0, 0.05) is 5.69 Å². The van der Waals surface area contributed by atoms with E-state index in [0.717, 1.165) is 10.9 Å². The molecule has 78 valence electrons. The lowest BCUT2D eigenvalue weighted by Crippen LogP contribution is -1.93. The molecular formula is C12H19NS. The summed E-state index contributed by atoms with van der Waals surface area (Å²) < 4.78 is 0.